The summed E-state index contributed by atoms with van der Waals surface area (Å²) < 4.78 is 37.5. The average Bonchev–Trinajstić information content (AvgIpc) is 3.67. The first-order valence-corrected chi connectivity index (χ1v) is 15.7. The van der Waals surface area contributed by atoms with Crippen LogP contribution in [0.4, 0.5) is 15.0 Å². The Kier molecular flexibility index (Phi) is 8.23. The monoisotopic (exact) mass is 650 g/mol. The average molecular weight is 651 g/mol. The summed E-state index contributed by atoms with van der Waals surface area (Å²) in [5.74, 6) is -2.69. The Labute approximate surface area is 271 Å². The number of anilines is 1. The molecule has 2 saturated heterocycles. The molecule has 0 bridgehead atoms. The number of rotatable bonds is 8. The molecule has 3 aromatic rings. The van der Waals surface area contributed by atoms with E-state index in [1.54, 1.807) is 46.1 Å². The zero-order valence-electron chi connectivity index (χ0n) is 27.4. The van der Waals surface area contributed by atoms with Crippen LogP contribution < -0.4 is 9.64 Å². The zero-order valence-corrected chi connectivity index (χ0v) is 27.4. The van der Waals surface area contributed by atoms with Crippen LogP contribution in [0, 0.1) is 17.2 Å². The predicted octanol–water partition coefficient (Wildman–Crippen LogP) is 4.67. The SMILES string of the molecule is COc1ccc2c(c1F)C(=O)C(C[C@]1(c3cc4nc(N5CCC(OC)CC5)ccc4o3)C(=O)N(COC(=O)C(C)(C)C)C(=O)N1C)C2. The fraction of sp³-hybridized carbons (Fsp3) is 0.500. The highest BCUT2D eigenvalue weighted by Crippen LogP contribution is 2.47. The molecule has 4 heterocycles. The molecule has 1 aliphatic carbocycles. The molecule has 2 fully saturated rings. The number of carbonyl (C=O) groups excluding carboxylic acids is 4. The van der Waals surface area contributed by atoms with Gasteiger partial charge in [-0.3, -0.25) is 14.4 Å². The molecular weight excluding hydrogens is 611 g/mol. The van der Waals surface area contributed by atoms with E-state index in [1.165, 1.54) is 25.1 Å². The number of hydrogen-bond acceptors (Lipinski definition) is 10. The number of carbonyl (C=O) groups is 4. The van der Waals surface area contributed by atoms with E-state index in [1.807, 2.05) is 6.07 Å². The van der Waals surface area contributed by atoms with Gasteiger partial charge in [-0.25, -0.2) is 19.1 Å². The number of piperidine rings is 1. The fourth-order valence-electron chi connectivity index (χ4n) is 6.74. The van der Waals surface area contributed by atoms with E-state index >= 15 is 4.39 Å². The van der Waals surface area contributed by atoms with Gasteiger partial charge in [-0.05, 0) is 70.2 Å². The number of furan rings is 1. The molecule has 0 radical (unpaired) electrons. The third kappa shape index (κ3) is 5.39. The second-order valence-electron chi connectivity index (χ2n) is 13.4. The predicted molar refractivity (Wildman–Crippen MR) is 167 cm³/mol. The van der Waals surface area contributed by atoms with Crippen LogP contribution >= 0.6 is 0 Å². The van der Waals surface area contributed by atoms with Crippen molar-refractivity contribution in [1.82, 2.24) is 14.8 Å². The first kappa shape index (κ1) is 32.4. The number of aromatic nitrogens is 1. The number of likely N-dealkylation sites (N-methyl/N-ethyl adjacent to an activating group) is 1. The molecule has 0 saturated carbocycles. The van der Waals surface area contributed by atoms with Gasteiger partial charge in [0.1, 0.15) is 17.1 Å². The highest BCUT2D eigenvalue weighted by molar-refractivity contribution is 6.09. The summed E-state index contributed by atoms with van der Waals surface area (Å²) in [6.45, 7) is 5.88. The van der Waals surface area contributed by atoms with Crippen LogP contribution in [-0.2, 0) is 31.0 Å². The van der Waals surface area contributed by atoms with Gasteiger partial charge in [-0.2, -0.15) is 0 Å². The number of ketones is 1. The highest BCUT2D eigenvalue weighted by Gasteiger charge is 2.61. The van der Waals surface area contributed by atoms with Crippen molar-refractivity contribution in [3.05, 3.63) is 53.0 Å². The number of ether oxygens (including phenoxy) is 3. The van der Waals surface area contributed by atoms with Gasteiger partial charge in [0.2, 0.25) is 0 Å². The number of amides is 3. The summed E-state index contributed by atoms with van der Waals surface area (Å²) >= 11 is 0. The van der Waals surface area contributed by atoms with E-state index in [0.717, 1.165) is 36.6 Å². The van der Waals surface area contributed by atoms with Crippen molar-refractivity contribution in [2.24, 2.45) is 11.3 Å². The van der Waals surface area contributed by atoms with Crippen LogP contribution in [-0.4, -0.2) is 85.7 Å². The summed E-state index contributed by atoms with van der Waals surface area (Å²) in [6.07, 6.45) is 1.85. The minimum atomic E-state index is -1.81. The minimum absolute atomic E-state index is 0.0610. The summed E-state index contributed by atoms with van der Waals surface area (Å²) in [5.41, 5.74) is -1.44. The van der Waals surface area contributed by atoms with E-state index in [4.69, 9.17) is 23.6 Å². The molecule has 3 amide bonds. The number of esters is 1. The zero-order chi connectivity index (χ0) is 33.8. The maximum atomic E-state index is 15.3. The molecule has 13 heteroatoms. The number of nitrogens with zero attached hydrogens (tertiary/aromatic N) is 4. The molecule has 1 aromatic carbocycles. The van der Waals surface area contributed by atoms with Crippen molar-refractivity contribution in [3.63, 3.8) is 0 Å². The Morgan fingerprint density at radius 2 is 1.83 bits per heavy atom. The fourth-order valence-corrected chi connectivity index (χ4v) is 6.74. The molecule has 1 unspecified atom stereocenters. The molecule has 2 aromatic heterocycles. The molecule has 0 spiro atoms. The maximum absolute atomic E-state index is 15.3. The van der Waals surface area contributed by atoms with Crippen molar-refractivity contribution in [3.8, 4) is 5.75 Å². The Morgan fingerprint density at radius 1 is 1.11 bits per heavy atom. The molecule has 47 heavy (non-hydrogen) atoms. The van der Waals surface area contributed by atoms with Gasteiger partial charge in [-0.1, -0.05) is 6.07 Å². The summed E-state index contributed by atoms with van der Waals surface area (Å²) in [5, 5.41) is 0. The Balaban J connectivity index is 1.38. The lowest BCUT2D eigenvalue weighted by Gasteiger charge is -2.32. The van der Waals surface area contributed by atoms with Crippen LogP contribution in [0.5, 0.6) is 5.75 Å². The number of pyridine rings is 1. The number of hydrogen-bond donors (Lipinski definition) is 0. The number of halogens is 1. The van der Waals surface area contributed by atoms with E-state index in [2.05, 4.69) is 4.90 Å². The van der Waals surface area contributed by atoms with Gasteiger partial charge in [0.25, 0.3) is 5.91 Å². The molecule has 250 valence electrons. The first-order valence-electron chi connectivity index (χ1n) is 15.7. The van der Waals surface area contributed by atoms with Crippen LogP contribution in [0.25, 0.3) is 11.1 Å². The first-order chi connectivity index (χ1) is 22.3. The van der Waals surface area contributed by atoms with E-state index in [9.17, 15) is 19.2 Å². The van der Waals surface area contributed by atoms with Gasteiger partial charge >= 0.3 is 12.0 Å². The number of methoxy groups -OCH3 is 2. The molecule has 0 N–H and O–H groups in total. The number of urea groups is 1. The van der Waals surface area contributed by atoms with Crippen molar-refractivity contribution in [2.45, 2.75) is 58.1 Å². The molecular formula is C34H39FN4O8. The second kappa shape index (κ2) is 11.9. The number of benzene rings is 1. The smallest absolute Gasteiger partial charge is 0.330 e. The third-order valence-corrected chi connectivity index (χ3v) is 9.53. The largest absolute Gasteiger partial charge is 0.494 e. The lowest BCUT2D eigenvalue weighted by molar-refractivity contribution is -0.158. The molecule has 6 rings (SSSR count). The quantitative estimate of drug-likeness (QED) is 0.250. The Morgan fingerprint density at radius 3 is 2.49 bits per heavy atom. The minimum Gasteiger partial charge on any atom is -0.494 e. The van der Waals surface area contributed by atoms with Gasteiger partial charge in [0.15, 0.2) is 35.2 Å². The van der Waals surface area contributed by atoms with E-state index in [-0.39, 0.29) is 36.0 Å². The van der Waals surface area contributed by atoms with Crippen molar-refractivity contribution >= 4 is 40.6 Å². The lowest BCUT2D eigenvalue weighted by Crippen LogP contribution is -2.47. The van der Waals surface area contributed by atoms with E-state index < -0.39 is 53.1 Å². The van der Waals surface area contributed by atoms with Gasteiger partial charge in [0.05, 0.1) is 24.2 Å². The van der Waals surface area contributed by atoms with Gasteiger partial charge in [0, 0.05) is 39.2 Å². The van der Waals surface area contributed by atoms with Crippen molar-refractivity contribution in [2.75, 3.05) is 46.0 Å². The summed E-state index contributed by atoms with van der Waals surface area (Å²) in [4.78, 5) is 63.5. The highest BCUT2D eigenvalue weighted by atomic mass is 19.1. The van der Waals surface area contributed by atoms with Gasteiger partial charge in [-0.15, -0.1) is 0 Å². The van der Waals surface area contributed by atoms with Crippen LogP contribution in [0.2, 0.25) is 0 Å². The number of fused-ring (bicyclic) bond motifs is 2. The van der Waals surface area contributed by atoms with Crippen molar-refractivity contribution in [1.29, 1.82) is 0 Å². The number of imide groups is 1. The number of Topliss-reactive ketones (excluding diaryl/α,β-unsaturated/α-hetero) is 1. The van der Waals surface area contributed by atoms with E-state index in [0.29, 0.717) is 16.7 Å². The van der Waals surface area contributed by atoms with Gasteiger partial charge < -0.3 is 28.4 Å². The topological polar surface area (TPSA) is 132 Å². The third-order valence-electron chi connectivity index (χ3n) is 9.53. The van der Waals surface area contributed by atoms with Crippen molar-refractivity contribution < 1.29 is 42.2 Å². The summed E-state index contributed by atoms with van der Waals surface area (Å²) in [7, 11) is 4.46. The van der Waals surface area contributed by atoms with Crippen LogP contribution in [0.1, 0.15) is 61.7 Å². The Hall–Kier alpha value is -4.52. The van der Waals surface area contributed by atoms with Crippen LogP contribution in [0.3, 0.4) is 0 Å². The summed E-state index contributed by atoms with van der Waals surface area (Å²) in [6, 6.07) is 7.58. The molecule has 2 aliphatic heterocycles. The normalized spacial score (nSPS) is 22.1. The van der Waals surface area contributed by atoms with Crippen LogP contribution in [0.15, 0.2) is 34.7 Å². The molecule has 3 aliphatic rings. The second-order valence-corrected chi connectivity index (χ2v) is 13.4. The molecule has 2 atom stereocenters. The standard InChI is InChI=1S/C34H39FN4O8/c1-33(2,3)31(42)46-18-39-30(41)34(37(4)32(39)43,17-20-15-19-7-8-24(45-6)28(35)27(19)29(20)40)25-16-22-23(47-25)9-10-26(36-22)38-13-11-21(44-5)12-14-38/h7-10,16,20-21H,11-15,17-18H2,1-6H3/t20?,34-/m0/s1. The molecule has 12 nitrogen and oxygen atoms in total. The maximum Gasteiger partial charge on any atom is 0.330 e. The Bertz CT molecular complexity index is 1760. The lowest BCUT2D eigenvalue weighted by atomic mass is 9.82.